The van der Waals surface area contributed by atoms with E-state index >= 15 is 0 Å². The average Bonchev–Trinajstić information content (AvgIpc) is 2.85. The molecule has 0 amide bonds. The summed E-state index contributed by atoms with van der Waals surface area (Å²) in [5.74, 6) is 1.12. The van der Waals surface area contributed by atoms with Gasteiger partial charge >= 0.3 is 5.63 Å². The quantitative estimate of drug-likeness (QED) is 0.671. The molecule has 3 nitrogen and oxygen atoms in total. The van der Waals surface area contributed by atoms with Crippen LogP contribution in [0.25, 0.3) is 21.7 Å². The van der Waals surface area contributed by atoms with E-state index in [1.54, 1.807) is 11.3 Å². The second-order valence-electron chi connectivity index (χ2n) is 6.15. The highest BCUT2D eigenvalue weighted by Gasteiger charge is 2.24. The van der Waals surface area contributed by atoms with Crippen molar-refractivity contribution in [2.45, 2.75) is 33.1 Å². The minimum atomic E-state index is -0.240. The van der Waals surface area contributed by atoms with Crippen molar-refractivity contribution in [3.05, 3.63) is 50.7 Å². The third kappa shape index (κ3) is 2.10. The number of thiophene rings is 1. The largest absolute Gasteiger partial charge is 0.403 e. The Labute approximate surface area is 132 Å². The first-order chi connectivity index (χ1) is 10.6. The average molecular weight is 311 g/mol. The van der Waals surface area contributed by atoms with E-state index in [-0.39, 0.29) is 5.63 Å². The monoisotopic (exact) mass is 311 g/mol. The second kappa shape index (κ2) is 5.06. The number of rotatable bonds is 1. The Bertz CT molecular complexity index is 922. The van der Waals surface area contributed by atoms with Crippen LogP contribution in [0, 0.1) is 12.8 Å². The maximum atomic E-state index is 12.5. The molecule has 2 heterocycles. The van der Waals surface area contributed by atoms with Crippen molar-refractivity contribution in [1.29, 1.82) is 0 Å². The van der Waals surface area contributed by atoms with Crippen LogP contribution >= 0.6 is 11.3 Å². The molecule has 1 unspecified atom stereocenters. The first kappa shape index (κ1) is 13.7. The lowest BCUT2D eigenvalue weighted by Crippen LogP contribution is -2.11. The van der Waals surface area contributed by atoms with E-state index in [9.17, 15) is 4.79 Å². The molecule has 1 aliphatic carbocycles. The molecule has 0 saturated carbocycles. The molecule has 0 bridgehead atoms. The summed E-state index contributed by atoms with van der Waals surface area (Å²) in [5.41, 5.74) is 2.89. The lowest BCUT2D eigenvalue weighted by atomic mass is 9.89. The van der Waals surface area contributed by atoms with Gasteiger partial charge in [-0.15, -0.1) is 11.3 Å². The van der Waals surface area contributed by atoms with Gasteiger partial charge in [0.25, 0.3) is 0 Å². The van der Waals surface area contributed by atoms with E-state index in [1.165, 1.54) is 10.4 Å². The summed E-state index contributed by atoms with van der Waals surface area (Å²) >= 11 is 1.66. The SMILES string of the molecule is Cc1ccccc1-c1nc2sc3c(c2c(=O)o1)CCC(C)C3. The van der Waals surface area contributed by atoms with Gasteiger partial charge < -0.3 is 4.42 Å². The number of aromatic nitrogens is 1. The van der Waals surface area contributed by atoms with Crippen molar-refractivity contribution in [2.24, 2.45) is 5.92 Å². The van der Waals surface area contributed by atoms with Crippen molar-refractivity contribution >= 4 is 21.6 Å². The van der Waals surface area contributed by atoms with Gasteiger partial charge in [0.15, 0.2) is 0 Å². The molecule has 0 saturated heterocycles. The van der Waals surface area contributed by atoms with Gasteiger partial charge in [0.1, 0.15) is 10.2 Å². The van der Waals surface area contributed by atoms with Gasteiger partial charge in [0, 0.05) is 10.4 Å². The van der Waals surface area contributed by atoms with E-state index in [2.05, 4.69) is 11.9 Å². The molecular weight excluding hydrogens is 294 g/mol. The van der Waals surface area contributed by atoms with Gasteiger partial charge in [0.2, 0.25) is 5.89 Å². The number of hydrogen-bond acceptors (Lipinski definition) is 4. The third-order valence-corrected chi connectivity index (χ3v) is 5.61. The van der Waals surface area contributed by atoms with E-state index in [0.29, 0.717) is 17.2 Å². The van der Waals surface area contributed by atoms with Crippen LogP contribution in [-0.2, 0) is 12.8 Å². The number of aryl methyl sites for hydroxylation is 2. The van der Waals surface area contributed by atoms with E-state index < -0.39 is 0 Å². The van der Waals surface area contributed by atoms with Crippen molar-refractivity contribution < 1.29 is 4.42 Å². The van der Waals surface area contributed by atoms with Crippen LogP contribution in [0.4, 0.5) is 0 Å². The number of nitrogens with zero attached hydrogens (tertiary/aromatic N) is 1. The van der Waals surface area contributed by atoms with Crippen molar-refractivity contribution in [3.8, 4) is 11.5 Å². The zero-order valence-electron chi connectivity index (χ0n) is 12.7. The highest BCUT2D eigenvalue weighted by atomic mass is 32.1. The van der Waals surface area contributed by atoms with Crippen LogP contribution in [0.5, 0.6) is 0 Å². The summed E-state index contributed by atoms with van der Waals surface area (Å²) in [4.78, 5) is 19.3. The fourth-order valence-corrected chi connectivity index (χ4v) is 4.57. The maximum absolute atomic E-state index is 12.5. The summed E-state index contributed by atoms with van der Waals surface area (Å²) in [6, 6.07) is 7.86. The van der Waals surface area contributed by atoms with Gasteiger partial charge in [-0.2, -0.15) is 0 Å². The molecule has 0 spiro atoms. The predicted octanol–water partition coefficient (Wildman–Crippen LogP) is 4.35. The summed E-state index contributed by atoms with van der Waals surface area (Å²) in [6.07, 6.45) is 3.15. The molecule has 22 heavy (non-hydrogen) atoms. The standard InChI is InChI=1S/C18H17NO2S/c1-10-7-8-13-14(9-10)22-17-15(13)18(20)21-16(19-17)12-6-4-3-5-11(12)2/h3-6,10H,7-9H2,1-2H3. The molecule has 0 aliphatic heterocycles. The van der Waals surface area contributed by atoms with Crippen molar-refractivity contribution in [2.75, 3.05) is 0 Å². The summed E-state index contributed by atoms with van der Waals surface area (Å²) < 4.78 is 5.55. The van der Waals surface area contributed by atoms with Crippen LogP contribution in [0.1, 0.15) is 29.3 Å². The molecule has 112 valence electrons. The lowest BCUT2D eigenvalue weighted by molar-refractivity contribution is 0.503. The van der Waals surface area contributed by atoms with E-state index in [1.807, 2.05) is 31.2 Å². The van der Waals surface area contributed by atoms with Gasteiger partial charge in [0.05, 0.1) is 0 Å². The molecule has 4 heteroatoms. The van der Waals surface area contributed by atoms with Crippen LogP contribution in [0.2, 0.25) is 0 Å². The molecular formula is C18H17NO2S. The fourth-order valence-electron chi connectivity index (χ4n) is 3.21. The van der Waals surface area contributed by atoms with Crippen molar-refractivity contribution in [1.82, 2.24) is 4.98 Å². The first-order valence-electron chi connectivity index (χ1n) is 7.65. The molecule has 0 radical (unpaired) electrons. The molecule has 2 aromatic heterocycles. The normalized spacial score (nSPS) is 17.6. The Morgan fingerprint density at radius 3 is 2.95 bits per heavy atom. The molecule has 1 atom stereocenters. The van der Waals surface area contributed by atoms with Crippen LogP contribution in [0.3, 0.4) is 0 Å². The topological polar surface area (TPSA) is 43.1 Å². The summed E-state index contributed by atoms with van der Waals surface area (Å²) in [6.45, 7) is 4.27. The molecule has 1 aliphatic rings. The number of fused-ring (bicyclic) bond motifs is 3. The lowest BCUT2D eigenvalue weighted by Gasteiger charge is -2.17. The zero-order chi connectivity index (χ0) is 15.3. The molecule has 0 N–H and O–H groups in total. The van der Waals surface area contributed by atoms with Crippen molar-refractivity contribution in [3.63, 3.8) is 0 Å². The predicted molar refractivity (Wildman–Crippen MR) is 89.5 cm³/mol. The van der Waals surface area contributed by atoms with E-state index in [0.717, 1.165) is 35.2 Å². The number of benzene rings is 1. The second-order valence-corrected chi connectivity index (χ2v) is 7.24. The summed E-state index contributed by atoms with van der Waals surface area (Å²) in [5, 5.41) is 0.712. The van der Waals surface area contributed by atoms with Gasteiger partial charge in [-0.1, -0.05) is 25.1 Å². The molecule has 0 fully saturated rings. The highest BCUT2D eigenvalue weighted by molar-refractivity contribution is 7.18. The van der Waals surface area contributed by atoms with E-state index in [4.69, 9.17) is 4.42 Å². The van der Waals surface area contributed by atoms with Gasteiger partial charge in [-0.05, 0) is 49.3 Å². The van der Waals surface area contributed by atoms with Gasteiger partial charge in [-0.3, -0.25) is 0 Å². The fraction of sp³-hybridized carbons (Fsp3) is 0.333. The highest BCUT2D eigenvalue weighted by Crippen LogP contribution is 2.36. The van der Waals surface area contributed by atoms with Crippen LogP contribution < -0.4 is 5.63 Å². The van der Waals surface area contributed by atoms with Crippen LogP contribution in [-0.4, -0.2) is 4.98 Å². The third-order valence-electron chi connectivity index (χ3n) is 4.47. The Hall–Kier alpha value is -1.94. The molecule has 3 aromatic rings. The maximum Gasteiger partial charge on any atom is 0.348 e. The Balaban J connectivity index is 1.95. The Morgan fingerprint density at radius 2 is 2.14 bits per heavy atom. The minimum Gasteiger partial charge on any atom is -0.403 e. The van der Waals surface area contributed by atoms with Crippen LogP contribution in [0.15, 0.2) is 33.5 Å². The Kier molecular flexibility index (Phi) is 3.15. The zero-order valence-corrected chi connectivity index (χ0v) is 13.5. The number of hydrogen-bond donors (Lipinski definition) is 0. The minimum absolute atomic E-state index is 0.240. The summed E-state index contributed by atoms with van der Waals surface area (Å²) in [7, 11) is 0. The first-order valence-corrected chi connectivity index (χ1v) is 8.46. The Morgan fingerprint density at radius 1 is 1.32 bits per heavy atom. The molecule has 4 rings (SSSR count). The van der Waals surface area contributed by atoms with Gasteiger partial charge in [-0.25, -0.2) is 9.78 Å². The smallest absolute Gasteiger partial charge is 0.348 e. The molecule has 1 aromatic carbocycles.